The van der Waals surface area contributed by atoms with E-state index in [4.69, 9.17) is 9.47 Å². The highest BCUT2D eigenvalue weighted by Gasteiger charge is 2.29. The SMILES string of the molecule is CC(C)COc1cccc(C(=O)OCC(=O)N[C@H]2CCS(=O)(=O)C2)c1. The van der Waals surface area contributed by atoms with E-state index in [1.54, 1.807) is 24.3 Å². The van der Waals surface area contributed by atoms with Gasteiger partial charge in [-0.2, -0.15) is 0 Å². The van der Waals surface area contributed by atoms with Gasteiger partial charge < -0.3 is 14.8 Å². The maximum absolute atomic E-state index is 12.0. The molecule has 0 saturated carbocycles. The second-order valence-electron chi connectivity index (χ2n) is 6.48. The topological polar surface area (TPSA) is 98.8 Å². The van der Waals surface area contributed by atoms with Gasteiger partial charge in [0.05, 0.1) is 23.7 Å². The molecule has 2 rings (SSSR count). The molecule has 1 fully saturated rings. The van der Waals surface area contributed by atoms with Gasteiger partial charge >= 0.3 is 5.97 Å². The smallest absolute Gasteiger partial charge is 0.338 e. The summed E-state index contributed by atoms with van der Waals surface area (Å²) in [6, 6.07) is 6.14. The van der Waals surface area contributed by atoms with Crippen LogP contribution in [-0.4, -0.2) is 51.1 Å². The molecule has 25 heavy (non-hydrogen) atoms. The van der Waals surface area contributed by atoms with Gasteiger partial charge in [0, 0.05) is 6.04 Å². The summed E-state index contributed by atoms with van der Waals surface area (Å²) < 4.78 is 33.2. The zero-order chi connectivity index (χ0) is 18.4. The first kappa shape index (κ1) is 19.2. The normalized spacial score (nSPS) is 18.8. The van der Waals surface area contributed by atoms with Crippen molar-refractivity contribution >= 4 is 21.7 Å². The van der Waals surface area contributed by atoms with E-state index in [0.29, 0.717) is 24.7 Å². The Morgan fingerprint density at radius 1 is 1.32 bits per heavy atom. The second-order valence-corrected chi connectivity index (χ2v) is 8.71. The highest BCUT2D eigenvalue weighted by molar-refractivity contribution is 7.91. The fourth-order valence-electron chi connectivity index (χ4n) is 2.37. The van der Waals surface area contributed by atoms with Crippen LogP contribution in [-0.2, 0) is 19.4 Å². The molecule has 1 heterocycles. The minimum Gasteiger partial charge on any atom is -0.493 e. The number of nitrogens with one attached hydrogen (secondary N) is 1. The van der Waals surface area contributed by atoms with Crippen molar-refractivity contribution in [1.82, 2.24) is 5.32 Å². The average molecular weight is 369 g/mol. The Morgan fingerprint density at radius 2 is 2.08 bits per heavy atom. The standard InChI is InChI=1S/C17H23NO6S/c1-12(2)9-23-15-5-3-4-13(8-15)17(20)24-10-16(19)18-14-6-7-25(21,22)11-14/h3-5,8,12,14H,6-7,9-11H2,1-2H3,(H,18,19)/t14-/m0/s1. The van der Waals surface area contributed by atoms with Gasteiger partial charge in [0.2, 0.25) is 0 Å². The number of amides is 1. The molecule has 1 aromatic carbocycles. The molecular formula is C17H23NO6S. The number of ether oxygens (including phenoxy) is 2. The quantitative estimate of drug-likeness (QED) is 0.725. The van der Waals surface area contributed by atoms with Crippen molar-refractivity contribution < 1.29 is 27.5 Å². The summed E-state index contributed by atoms with van der Waals surface area (Å²) in [7, 11) is -3.07. The van der Waals surface area contributed by atoms with Crippen LogP contribution < -0.4 is 10.1 Å². The molecule has 138 valence electrons. The Kier molecular flexibility index (Phi) is 6.41. The minimum absolute atomic E-state index is 0.0675. The van der Waals surface area contributed by atoms with Gasteiger partial charge in [-0.25, -0.2) is 13.2 Å². The van der Waals surface area contributed by atoms with E-state index in [1.165, 1.54) is 0 Å². The van der Waals surface area contributed by atoms with Crippen LogP contribution in [0.2, 0.25) is 0 Å². The molecule has 8 heteroatoms. The van der Waals surface area contributed by atoms with E-state index < -0.39 is 34.4 Å². The fraction of sp³-hybridized carbons (Fsp3) is 0.529. The Hall–Kier alpha value is -2.09. The van der Waals surface area contributed by atoms with E-state index >= 15 is 0 Å². The van der Waals surface area contributed by atoms with Crippen LogP contribution in [0.15, 0.2) is 24.3 Å². The zero-order valence-electron chi connectivity index (χ0n) is 14.4. The highest BCUT2D eigenvalue weighted by Crippen LogP contribution is 2.15. The van der Waals surface area contributed by atoms with Gasteiger partial charge in [-0.3, -0.25) is 4.79 Å². The lowest BCUT2D eigenvalue weighted by Gasteiger charge is -2.12. The average Bonchev–Trinajstić information content (AvgIpc) is 2.89. The lowest BCUT2D eigenvalue weighted by atomic mass is 10.2. The Balaban J connectivity index is 1.81. The molecule has 1 N–H and O–H groups in total. The van der Waals surface area contributed by atoms with Crippen LogP contribution in [0.5, 0.6) is 5.75 Å². The molecule has 0 unspecified atom stereocenters. The van der Waals surface area contributed by atoms with Crippen molar-refractivity contribution in [3.63, 3.8) is 0 Å². The van der Waals surface area contributed by atoms with Crippen molar-refractivity contribution in [3.8, 4) is 5.75 Å². The first-order chi connectivity index (χ1) is 11.7. The highest BCUT2D eigenvalue weighted by atomic mass is 32.2. The van der Waals surface area contributed by atoms with Crippen molar-refractivity contribution in [2.45, 2.75) is 26.3 Å². The third-order valence-electron chi connectivity index (χ3n) is 3.58. The summed E-state index contributed by atoms with van der Waals surface area (Å²) in [6.07, 6.45) is 0.386. The van der Waals surface area contributed by atoms with E-state index in [9.17, 15) is 18.0 Å². The first-order valence-corrected chi connectivity index (χ1v) is 9.97. The molecule has 1 saturated heterocycles. The number of sulfone groups is 1. The number of carbonyl (C=O) groups is 2. The van der Waals surface area contributed by atoms with Gasteiger partial charge in [-0.05, 0) is 30.5 Å². The van der Waals surface area contributed by atoms with Crippen LogP contribution in [0, 0.1) is 5.92 Å². The summed E-state index contributed by atoms with van der Waals surface area (Å²) in [5.41, 5.74) is 0.289. The Bertz CT molecular complexity index is 728. The van der Waals surface area contributed by atoms with Crippen molar-refractivity contribution in [3.05, 3.63) is 29.8 Å². The molecule has 7 nitrogen and oxygen atoms in total. The summed E-state index contributed by atoms with van der Waals surface area (Å²) in [6.45, 7) is 4.12. The number of benzene rings is 1. The third-order valence-corrected chi connectivity index (χ3v) is 5.35. The second kappa shape index (κ2) is 8.33. The molecule has 0 spiro atoms. The molecule has 0 radical (unpaired) electrons. The van der Waals surface area contributed by atoms with Crippen molar-refractivity contribution in [2.24, 2.45) is 5.92 Å². The predicted octanol–water partition coefficient (Wildman–Crippen LogP) is 1.18. The number of rotatable bonds is 7. The Labute approximate surface area is 147 Å². The van der Waals surface area contributed by atoms with Crippen molar-refractivity contribution in [1.29, 1.82) is 0 Å². The van der Waals surface area contributed by atoms with Gasteiger partial charge in [0.25, 0.3) is 5.91 Å². The maximum atomic E-state index is 12.0. The van der Waals surface area contributed by atoms with E-state index in [-0.39, 0.29) is 17.1 Å². The van der Waals surface area contributed by atoms with Crippen LogP contribution in [0.25, 0.3) is 0 Å². The number of hydrogen-bond acceptors (Lipinski definition) is 6. The summed E-state index contributed by atoms with van der Waals surface area (Å²) >= 11 is 0. The Morgan fingerprint density at radius 3 is 2.72 bits per heavy atom. The monoisotopic (exact) mass is 369 g/mol. The lowest BCUT2D eigenvalue weighted by Crippen LogP contribution is -2.38. The molecule has 1 amide bonds. The summed E-state index contributed by atoms with van der Waals surface area (Å²) in [5, 5.41) is 2.57. The molecule has 0 bridgehead atoms. The minimum atomic E-state index is -3.07. The zero-order valence-corrected chi connectivity index (χ0v) is 15.2. The van der Waals surface area contributed by atoms with E-state index in [1.807, 2.05) is 13.8 Å². The fourth-order valence-corrected chi connectivity index (χ4v) is 4.04. The molecule has 0 aliphatic carbocycles. The van der Waals surface area contributed by atoms with E-state index in [0.717, 1.165) is 0 Å². The third kappa shape index (κ3) is 6.38. The van der Waals surface area contributed by atoms with Crippen LogP contribution >= 0.6 is 0 Å². The van der Waals surface area contributed by atoms with E-state index in [2.05, 4.69) is 5.32 Å². The van der Waals surface area contributed by atoms with Crippen LogP contribution in [0.3, 0.4) is 0 Å². The molecule has 1 atom stereocenters. The van der Waals surface area contributed by atoms with Crippen molar-refractivity contribution in [2.75, 3.05) is 24.7 Å². The number of esters is 1. The first-order valence-electron chi connectivity index (χ1n) is 8.15. The largest absolute Gasteiger partial charge is 0.493 e. The molecule has 1 aliphatic rings. The summed E-state index contributed by atoms with van der Waals surface area (Å²) in [5.74, 6) is -0.225. The molecule has 0 aromatic heterocycles. The summed E-state index contributed by atoms with van der Waals surface area (Å²) in [4.78, 5) is 23.8. The predicted molar refractivity (Wildman–Crippen MR) is 92.3 cm³/mol. The van der Waals surface area contributed by atoms with Crippen LogP contribution in [0.1, 0.15) is 30.6 Å². The lowest BCUT2D eigenvalue weighted by molar-refractivity contribution is -0.124. The molecular weight excluding hydrogens is 346 g/mol. The van der Waals surface area contributed by atoms with Gasteiger partial charge in [-0.15, -0.1) is 0 Å². The maximum Gasteiger partial charge on any atom is 0.338 e. The van der Waals surface area contributed by atoms with Gasteiger partial charge in [-0.1, -0.05) is 19.9 Å². The number of carbonyl (C=O) groups excluding carboxylic acids is 2. The van der Waals surface area contributed by atoms with Gasteiger partial charge in [0.1, 0.15) is 5.75 Å². The number of hydrogen-bond donors (Lipinski definition) is 1. The molecule has 1 aliphatic heterocycles. The van der Waals surface area contributed by atoms with Crippen LogP contribution in [0.4, 0.5) is 0 Å². The van der Waals surface area contributed by atoms with Gasteiger partial charge in [0.15, 0.2) is 16.4 Å². The molecule has 1 aromatic rings.